The molecular weight excluding hydrogens is 272 g/mol. The Kier molecular flexibility index (Phi) is 5.42. The summed E-state index contributed by atoms with van der Waals surface area (Å²) < 4.78 is 0. The van der Waals surface area contributed by atoms with Crippen LogP contribution in [0.4, 0.5) is 0 Å². The summed E-state index contributed by atoms with van der Waals surface area (Å²) in [4.78, 5) is 20.8. The molecule has 2 aromatic heterocycles. The molecule has 0 N–H and O–H groups in total. The number of hydrogen-bond acceptors (Lipinski definition) is 3. The SMILES string of the molecule is Cc1cc(CCC(=O)CCc2cc(C)nc(C)c2)cc(C)n1. The summed E-state index contributed by atoms with van der Waals surface area (Å²) in [6.07, 6.45) is 2.81. The standard InChI is InChI=1S/C19H24N2O/c1-13-9-17(10-14(2)20-13)5-7-19(22)8-6-18-11-15(3)21-16(4)12-18/h9-12H,5-8H2,1-4H3. The lowest BCUT2D eigenvalue weighted by molar-refractivity contribution is -0.119. The molecule has 2 aromatic rings. The summed E-state index contributed by atoms with van der Waals surface area (Å²) in [6.45, 7) is 7.97. The molecule has 0 saturated heterocycles. The predicted octanol–water partition coefficient (Wildman–Crippen LogP) is 3.84. The number of Topliss-reactive ketones (excluding diaryl/α,β-unsaturated/α-hetero) is 1. The minimum atomic E-state index is 0.319. The van der Waals surface area contributed by atoms with Gasteiger partial charge in [0.1, 0.15) is 5.78 Å². The maximum atomic E-state index is 12.1. The van der Waals surface area contributed by atoms with Crippen molar-refractivity contribution in [1.29, 1.82) is 0 Å². The van der Waals surface area contributed by atoms with Gasteiger partial charge in [-0.05, 0) is 75.9 Å². The fourth-order valence-electron chi connectivity index (χ4n) is 2.82. The van der Waals surface area contributed by atoms with Crippen LogP contribution >= 0.6 is 0 Å². The highest BCUT2D eigenvalue weighted by molar-refractivity contribution is 5.78. The minimum Gasteiger partial charge on any atom is -0.300 e. The molecule has 0 unspecified atom stereocenters. The summed E-state index contributed by atoms with van der Waals surface area (Å²) in [5.74, 6) is 0.319. The number of carbonyl (C=O) groups excluding carboxylic acids is 1. The minimum absolute atomic E-state index is 0.319. The van der Waals surface area contributed by atoms with Crippen molar-refractivity contribution in [3.8, 4) is 0 Å². The molecule has 0 atom stereocenters. The van der Waals surface area contributed by atoms with Gasteiger partial charge in [0.15, 0.2) is 0 Å². The highest BCUT2D eigenvalue weighted by Gasteiger charge is 2.06. The Labute approximate surface area is 132 Å². The molecular formula is C19H24N2O. The van der Waals surface area contributed by atoms with Gasteiger partial charge in [0, 0.05) is 35.6 Å². The molecule has 0 radical (unpaired) electrons. The van der Waals surface area contributed by atoms with Crippen LogP contribution in [-0.2, 0) is 17.6 Å². The molecule has 0 aliphatic heterocycles. The first-order valence-corrected chi connectivity index (χ1v) is 7.82. The van der Waals surface area contributed by atoms with Gasteiger partial charge in [0.2, 0.25) is 0 Å². The maximum Gasteiger partial charge on any atom is 0.133 e. The van der Waals surface area contributed by atoms with E-state index in [1.165, 1.54) is 11.1 Å². The van der Waals surface area contributed by atoms with Crippen molar-refractivity contribution >= 4 is 5.78 Å². The van der Waals surface area contributed by atoms with Gasteiger partial charge in [-0.3, -0.25) is 14.8 Å². The monoisotopic (exact) mass is 296 g/mol. The van der Waals surface area contributed by atoms with Crippen LogP contribution in [0, 0.1) is 27.7 Å². The first-order chi connectivity index (χ1) is 10.4. The van der Waals surface area contributed by atoms with Crippen molar-refractivity contribution in [2.45, 2.75) is 53.4 Å². The average molecular weight is 296 g/mol. The molecule has 116 valence electrons. The number of aryl methyl sites for hydroxylation is 6. The van der Waals surface area contributed by atoms with Crippen molar-refractivity contribution in [2.75, 3.05) is 0 Å². The lowest BCUT2D eigenvalue weighted by Crippen LogP contribution is -2.03. The first kappa shape index (κ1) is 16.3. The van der Waals surface area contributed by atoms with Crippen molar-refractivity contribution in [2.24, 2.45) is 0 Å². The van der Waals surface area contributed by atoms with Crippen LogP contribution in [-0.4, -0.2) is 15.8 Å². The van der Waals surface area contributed by atoms with Crippen molar-refractivity contribution in [1.82, 2.24) is 9.97 Å². The zero-order valence-corrected chi connectivity index (χ0v) is 13.9. The van der Waals surface area contributed by atoms with Crippen LogP contribution in [0.2, 0.25) is 0 Å². The second kappa shape index (κ2) is 7.30. The lowest BCUT2D eigenvalue weighted by Gasteiger charge is -2.06. The highest BCUT2D eigenvalue weighted by Crippen LogP contribution is 2.11. The number of rotatable bonds is 6. The zero-order valence-electron chi connectivity index (χ0n) is 13.9. The fraction of sp³-hybridized carbons (Fsp3) is 0.421. The first-order valence-electron chi connectivity index (χ1n) is 7.82. The summed E-state index contributed by atoms with van der Waals surface area (Å²) in [5.41, 5.74) is 6.48. The van der Waals surface area contributed by atoms with Gasteiger partial charge in [0.25, 0.3) is 0 Å². The Hall–Kier alpha value is -2.03. The molecule has 0 saturated carbocycles. The van der Waals surface area contributed by atoms with E-state index >= 15 is 0 Å². The Balaban J connectivity index is 1.85. The van der Waals surface area contributed by atoms with Gasteiger partial charge < -0.3 is 0 Å². The van der Waals surface area contributed by atoms with Gasteiger partial charge in [-0.15, -0.1) is 0 Å². The van der Waals surface area contributed by atoms with E-state index in [-0.39, 0.29) is 0 Å². The van der Waals surface area contributed by atoms with Crippen molar-refractivity contribution in [3.05, 3.63) is 58.2 Å². The molecule has 0 aromatic carbocycles. The van der Waals surface area contributed by atoms with E-state index in [4.69, 9.17) is 0 Å². The molecule has 0 bridgehead atoms. The summed E-state index contributed by atoms with van der Waals surface area (Å²) in [6, 6.07) is 8.26. The number of ketones is 1. The van der Waals surface area contributed by atoms with E-state index in [1.54, 1.807) is 0 Å². The van der Waals surface area contributed by atoms with Gasteiger partial charge in [-0.25, -0.2) is 0 Å². The number of nitrogens with zero attached hydrogens (tertiary/aromatic N) is 2. The van der Waals surface area contributed by atoms with Crippen molar-refractivity contribution < 1.29 is 4.79 Å². The maximum absolute atomic E-state index is 12.1. The Morgan fingerprint density at radius 2 is 1.05 bits per heavy atom. The third-order valence-electron chi connectivity index (χ3n) is 3.67. The molecule has 2 heterocycles. The van der Waals surface area contributed by atoms with Gasteiger partial charge in [-0.1, -0.05) is 0 Å². The van der Waals surface area contributed by atoms with Gasteiger partial charge in [-0.2, -0.15) is 0 Å². The molecule has 3 nitrogen and oxygen atoms in total. The van der Waals surface area contributed by atoms with Crippen LogP contribution in [0.15, 0.2) is 24.3 Å². The largest absolute Gasteiger partial charge is 0.300 e. The number of hydrogen-bond donors (Lipinski definition) is 0. The van der Waals surface area contributed by atoms with Gasteiger partial charge >= 0.3 is 0 Å². The van der Waals surface area contributed by atoms with Gasteiger partial charge in [0.05, 0.1) is 0 Å². The Morgan fingerprint density at radius 1 is 0.727 bits per heavy atom. The molecule has 2 rings (SSSR count). The molecule has 0 spiro atoms. The fourth-order valence-corrected chi connectivity index (χ4v) is 2.82. The van der Waals surface area contributed by atoms with E-state index in [1.807, 2.05) is 27.7 Å². The second-order valence-electron chi connectivity index (χ2n) is 6.05. The molecule has 0 fully saturated rings. The van der Waals surface area contributed by atoms with Crippen LogP contribution < -0.4 is 0 Å². The van der Waals surface area contributed by atoms with Crippen LogP contribution in [0.5, 0.6) is 0 Å². The summed E-state index contributed by atoms with van der Waals surface area (Å²) >= 11 is 0. The zero-order chi connectivity index (χ0) is 16.1. The van der Waals surface area contributed by atoms with E-state index in [2.05, 4.69) is 34.2 Å². The topological polar surface area (TPSA) is 42.9 Å². The van der Waals surface area contributed by atoms with E-state index in [0.717, 1.165) is 35.6 Å². The third kappa shape index (κ3) is 5.06. The average Bonchev–Trinajstić information content (AvgIpc) is 2.41. The van der Waals surface area contributed by atoms with Crippen LogP contribution in [0.3, 0.4) is 0 Å². The van der Waals surface area contributed by atoms with Crippen LogP contribution in [0.25, 0.3) is 0 Å². The normalized spacial score (nSPS) is 10.7. The van der Waals surface area contributed by atoms with E-state index < -0.39 is 0 Å². The second-order valence-corrected chi connectivity index (χ2v) is 6.05. The lowest BCUT2D eigenvalue weighted by atomic mass is 10.0. The smallest absolute Gasteiger partial charge is 0.133 e. The summed E-state index contributed by atoms with van der Waals surface area (Å²) in [7, 11) is 0. The Bertz CT molecular complexity index is 579. The number of aromatic nitrogens is 2. The van der Waals surface area contributed by atoms with Crippen LogP contribution in [0.1, 0.15) is 46.7 Å². The summed E-state index contributed by atoms with van der Waals surface area (Å²) in [5, 5.41) is 0. The molecule has 3 heteroatoms. The Morgan fingerprint density at radius 3 is 1.36 bits per heavy atom. The molecule has 22 heavy (non-hydrogen) atoms. The molecule has 0 aliphatic carbocycles. The van der Waals surface area contributed by atoms with E-state index in [0.29, 0.717) is 18.6 Å². The highest BCUT2D eigenvalue weighted by atomic mass is 16.1. The number of pyridine rings is 2. The molecule has 0 amide bonds. The predicted molar refractivity (Wildman–Crippen MR) is 89.1 cm³/mol. The number of carbonyl (C=O) groups is 1. The molecule has 0 aliphatic rings. The quantitative estimate of drug-likeness (QED) is 0.813. The van der Waals surface area contributed by atoms with Crippen molar-refractivity contribution in [3.63, 3.8) is 0 Å². The third-order valence-corrected chi connectivity index (χ3v) is 3.67. The van der Waals surface area contributed by atoms with E-state index in [9.17, 15) is 4.79 Å².